The molecule has 23 heavy (non-hydrogen) atoms. The van der Waals surface area contributed by atoms with Gasteiger partial charge in [0, 0.05) is 11.6 Å². The summed E-state index contributed by atoms with van der Waals surface area (Å²) in [6.45, 7) is 0.359. The molecule has 2 aromatic rings. The minimum Gasteiger partial charge on any atom is -0.504 e. The Morgan fingerprint density at radius 3 is 2.61 bits per heavy atom. The lowest BCUT2D eigenvalue weighted by atomic mass is 10.1. The van der Waals surface area contributed by atoms with E-state index in [1.54, 1.807) is 42.5 Å². The molecule has 0 saturated carbocycles. The van der Waals surface area contributed by atoms with Gasteiger partial charge in [-0.3, -0.25) is 4.79 Å². The lowest BCUT2D eigenvalue weighted by Gasteiger charge is -2.12. The van der Waals surface area contributed by atoms with Crippen LogP contribution in [0.2, 0.25) is 5.02 Å². The quantitative estimate of drug-likeness (QED) is 0.757. The summed E-state index contributed by atoms with van der Waals surface area (Å²) in [6, 6.07) is 11.5. The van der Waals surface area contributed by atoms with Crippen molar-refractivity contribution in [2.75, 3.05) is 13.7 Å². The highest BCUT2D eigenvalue weighted by molar-refractivity contribution is 6.30. The van der Waals surface area contributed by atoms with Crippen LogP contribution in [0.3, 0.4) is 0 Å². The third-order valence-electron chi connectivity index (χ3n) is 3.39. The smallest absolute Gasteiger partial charge is 0.253 e. The van der Waals surface area contributed by atoms with Gasteiger partial charge in [0.2, 0.25) is 0 Å². The maximum atomic E-state index is 11.9. The van der Waals surface area contributed by atoms with Crippen molar-refractivity contribution in [2.45, 2.75) is 12.5 Å². The zero-order valence-electron chi connectivity index (χ0n) is 12.6. The SMILES string of the molecule is COc1cc(CCNC(=O)[C@H](O)c2ccc(Cl)cc2)ccc1O. The lowest BCUT2D eigenvalue weighted by molar-refractivity contribution is -0.129. The molecule has 2 rings (SSSR count). The van der Waals surface area contributed by atoms with Gasteiger partial charge in [0.15, 0.2) is 17.6 Å². The molecular weight excluding hydrogens is 318 g/mol. The highest BCUT2D eigenvalue weighted by Crippen LogP contribution is 2.26. The van der Waals surface area contributed by atoms with Gasteiger partial charge in [0.25, 0.3) is 5.91 Å². The van der Waals surface area contributed by atoms with E-state index in [1.165, 1.54) is 7.11 Å². The van der Waals surface area contributed by atoms with Crippen LogP contribution in [-0.4, -0.2) is 29.8 Å². The van der Waals surface area contributed by atoms with Crippen LogP contribution in [-0.2, 0) is 11.2 Å². The molecule has 5 nitrogen and oxygen atoms in total. The number of carbonyl (C=O) groups is 1. The molecule has 122 valence electrons. The predicted octanol–water partition coefficient (Wildman–Crippen LogP) is 2.45. The Morgan fingerprint density at radius 1 is 1.26 bits per heavy atom. The van der Waals surface area contributed by atoms with E-state index < -0.39 is 12.0 Å². The number of aromatic hydroxyl groups is 1. The molecule has 0 fully saturated rings. The van der Waals surface area contributed by atoms with Gasteiger partial charge >= 0.3 is 0 Å². The number of carbonyl (C=O) groups excluding carboxylic acids is 1. The lowest BCUT2D eigenvalue weighted by Crippen LogP contribution is -2.30. The Hall–Kier alpha value is -2.24. The number of rotatable bonds is 6. The first-order chi connectivity index (χ1) is 11.0. The first-order valence-corrected chi connectivity index (χ1v) is 7.46. The van der Waals surface area contributed by atoms with Gasteiger partial charge in [-0.2, -0.15) is 0 Å². The van der Waals surface area contributed by atoms with Crippen molar-refractivity contribution in [1.82, 2.24) is 5.32 Å². The molecule has 1 atom stereocenters. The van der Waals surface area contributed by atoms with E-state index in [-0.39, 0.29) is 5.75 Å². The van der Waals surface area contributed by atoms with Gasteiger partial charge in [-0.15, -0.1) is 0 Å². The number of nitrogens with one attached hydrogen (secondary N) is 1. The summed E-state index contributed by atoms with van der Waals surface area (Å²) in [5, 5.41) is 22.7. The van der Waals surface area contributed by atoms with Crippen LogP contribution < -0.4 is 10.1 Å². The molecule has 0 bridgehead atoms. The number of amides is 1. The number of hydrogen-bond acceptors (Lipinski definition) is 4. The third-order valence-corrected chi connectivity index (χ3v) is 3.64. The maximum Gasteiger partial charge on any atom is 0.253 e. The standard InChI is InChI=1S/C17H18ClNO4/c1-23-15-10-11(2-7-14(15)20)8-9-19-17(22)16(21)12-3-5-13(18)6-4-12/h2-7,10,16,20-21H,8-9H2,1H3,(H,19,22)/t16-/m1/s1. The number of halogens is 1. The van der Waals surface area contributed by atoms with E-state index in [0.717, 1.165) is 5.56 Å². The number of ether oxygens (including phenoxy) is 1. The van der Waals surface area contributed by atoms with Gasteiger partial charge in [-0.25, -0.2) is 0 Å². The summed E-state index contributed by atoms with van der Waals surface area (Å²) in [6.07, 6.45) is -0.683. The van der Waals surface area contributed by atoms with E-state index in [1.807, 2.05) is 0 Å². The molecule has 2 aromatic carbocycles. The Balaban J connectivity index is 1.88. The van der Waals surface area contributed by atoms with Gasteiger partial charge in [-0.1, -0.05) is 29.8 Å². The van der Waals surface area contributed by atoms with Crippen LogP contribution in [0.25, 0.3) is 0 Å². The molecule has 0 saturated heterocycles. The first-order valence-electron chi connectivity index (χ1n) is 7.08. The number of methoxy groups -OCH3 is 1. The fourth-order valence-corrected chi connectivity index (χ4v) is 2.23. The highest BCUT2D eigenvalue weighted by atomic mass is 35.5. The summed E-state index contributed by atoms with van der Waals surface area (Å²) < 4.78 is 5.03. The molecular formula is C17H18ClNO4. The minimum atomic E-state index is -1.23. The van der Waals surface area contributed by atoms with Crippen molar-refractivity contribution in [3.05, 3.63) is 58.6 Å². The molecule has 0 heterocycles. The van der Waals surface area contributed by atoms with Crippen LogP contribution in [0.1, 0.15) is 17.2 Å². The van der Waals surface area contributed by atoms with Crippen molar-refractivity contribution in [3.63, 3.8) is 0 Å². The molecule has 1 amide bonds. The van der Waals surface area contributed by atoms with Crippen LogP contribution in [0, 0.1) is 0 Å². The van der Waals surface area contributed by atoms with E-state index in [2.05, 4.69) is 5.32 Å². The first kappa shape index (κ1) is 17.1. The van der Waals surface area contributed by atoms with Gasteiger partial charge < -0.3 is 20.3 Å². The highest BCUT2D eigenvalue weighted by Gasteiger charge is 2.16. The van der Waals surface area contributed by atoms with Crippen molar-refractivity contribution in [1.29, 1.82) is 0 Å². The average Bonchev–Trinajstić information content (AvgIpc) is 2.56. The second-order valence-electron chi connectivity index (χ2n) is 5.00. The summed E-state index contributed by atoms with van der Waals surface area (Å²) in [5.74, 6) is -0.0217. The van der Waals surface area contributed by atoms with Crippen molar-refractivity contribution < 1.29 is 19.7 Å². The molecule has 6 heteroatoms. The fraction of sp³-hybridized carbons (Fsp3) is 0.235. The monoisotopic (exact) mass is 335 g/mol. The van der Waals surface area contributed by atoms with Gasteiger partial charge in [-0.05, 0) is 41.8 Å². The second-order valence-corrected chi connectivity index (χ2v) is 5.44. The molecule has 0 spiro atoms. The van der Waals surface area contributed by atoms with Crippen molar-refractivity contribution in [2.24, 2.45) is 0 Å². The van der Waals surface area contributed by atoms with E-state index in [9.17, 15) is 15.0 Å². The predicted molar refractivity (Wildman–Crippen MR) is 87.8 cm³/mol. The fourth-order valence-electron chi connectivity index (χ4n) is 2.10. The molecule has 0 unspecified atom stereocenters. The number of aliphatic hydroxyl groups is 1. The Kier molecular flexibility index (Phi) is 5.84. The Labute approximate surface area is 139 Å². The molecule has 3 N–H and O–H groups in total. The molecule has 0 aliphatic rings. The minimum absolute atomic E-state index is 0.0680. The van der Waals surface area contributed by atoms with Crippen LogP contribution in [0.4, 0.5) is 0 Å². The van der Waals surface area contributed by atoms with Crippen LogP contribution in [0.15, 0.2) is 42.5 Å². The second kappa shape index (κ2) is 7.85. The van der Waals surface area contributed by atoms with Crippen LogP contribution >= 0.6 is 11.6 Å². The maximum absolute atomic E-state index is 11.9. The van der Waals surface area contributed by atoms with E-state index in [0.29, 0.717) is 29.3 Å². The average molecular weight is 336 g/mol. The summed E-state index contributed by atoms with van der Waals surface area (Å²) >= 11 is 5.77. The molecule has 0 aliphatic heterocycles. The number of hydrogen-bond donors (Lipinski definition) is 3. The van der Waals surface area contributed by atoms with Crippen molar-refractivity contribution >= 4 is 17.5 Å². The number of phenols is 1. The summed E-state index contributed by atoms with van der Waals surface area (Å²) in [4.78, 5) is 11.9. The van der Waals surface area contributed by atoms with E-state index in [4.69, 9.17) is 16.3 Å². The van der Waals surface area contributed by atoms with Gasteiger partial charge in [0.05, 0.1) is 7.11 Å². The molecule has 0 radical (unpaired) electrons. The summed E-state index contributed by atoms with van der Waals surface area (Å²) in [5.41, 5.74) is 1.39. The molecule has 0 aromatic heterocycles. The Bertz CT molecular complexity index is 673. The zero-order valence-corrected chi connectivity index (χ0v) is 13.4. The van der Waals surface area contributed by atoms with Crippen molar-refractivity contribution in [3.8, 4) is 11.5 Å². The zero-order chi connectivity index (χ0) is 16.8. The number of benzene rings is 2. The number of aliphatic hydroxyl groups excluding tert-OH is 1. The van der Waals surface area contributed by atoms with Gasteiger partial charge in [0.1, 0.15) is 0 Å². The third kappa shape index (κ3) is 4.61. The topological polar surface area (TPSA) is 78.8 Å². The molecule has 0 aliphatic carbocycles. The number of phenolic OH excluding ortho intramolecular Hbond substituents is 1. The normalized spacial score (nSPS) is 11.8. The largest absolute Gasteiger partial charge is 0.504 e. The van der Waals surface area contributed by atoms with Crippen LogP contribution in [0.5, 0.6) is 11.5 Å². The van der Waals surface area contributed by atoms with E-state index >= 15 is 0 Å². The summed E-state index contributed by atoms with van der Waals surface area (Å²) in [7, 11) is 1.48. The Morgan fingerprint density at radius 2 is 1.96 bits per heavy atom.